The molecule has 2 rings (SSSR count). The molecule has 0 radical (unpaired) electrons. The average molecular weight is 351 g/mol. The Labute approximate surface area is 131 Å². The molecule has 2 aromatic rings. The van der Waals surface area contributed by atoms with Crippen LogP contribution in [0.2, 0.25) is 0 Å². The van der Waals surface area contributed by atoms with Gasteiger partial charge in [0.15, 0.2) is 0 Å². The van der Waals surface area contributed by atoms with Gasteiger partial charge in [0.05, 0.1) is 18.8 Å². The van der Waals surface area contributed by atoms with Crippen molar-refractivity contribution in [3.8, 4) is 5.75 Å². The number of aliphatic hydroxyl groups excluding tert-OH is 1. The van der Waals surface area contributed by atoms with Gasteiger partial charge in [0.25, 0.3) is 5.91 Å². The minimum atomic E-state index is -0.261. The molecule has 1 heterocycles. The van der Waals surface area contributed by atoms with E-state index in [1.54, 1.807) is 30.3 Å². The number of aromatic nitrogens is 1. The Kier molecular flexibility index (Phi) is 5.30. The zero-order chi connectivity index (χ0) is 15.2. The number of nitrogens with one attached hydrogen (secondary N) is 1. The Morgan fingerprint density at radius 2 is 2.19 bits per heavy atom. The van der Waals surface area contributed by atoms with Crippen LogP contribution in [0.15, 0.2) is 41.1 Å². The molecule has 0 fully saturated rings. The van der Waals surface area contributed by atoms with Crippen LogP contribution in [0.1, 0.15) is 22.8 Å². The van der Waals surface area contributed by atoms with Crippen LogP contribution >= 0.6 is 15.9 Å². The van der Waals surface area contributed by atoms with Crippen molar-refractivity contribution in [3.05, 3.63) is 52.3 Å². The van der Waals surface area contributed by atoms with E-state index in [2.05, 4.69) is 26.2 Å². The summed E-state index contributed by atoms with van der Waals surface area (Å²) in [7, 11) is 0. The third-order valence-corrected chi connectivity index (χ3v) is 3.25. The van der Waals surface area contributed by atoms with Crippen LogP contribution in [-0.4, -0.2) is 22.6 Å². The number of carbonyl (C=O) groups excluding carboxylic acids is 1. The van der Waals surface area contributed by atoms with Gasteiger partial charge in [-0.05, 0) is 53.2 Å². The molecule has 21 heavy (non-hydrogen) atoms. The molecular weight excluding hydrogens is 336 g/mol. The third-order valence-electron chi connectivity index (χ3n) is 2.78. The number of hydrogen-bond donors (Lipinski definition) is 2. The van der Waals surface area contributed by atoms with Crippen molar-refractivity contribution in [2.75, 3.05) is 11.9 Å². The molecule has 1 aromatic carbocycles. The van der Waals surface area contributed by atoms with E-state index in [0.717, 1.165) is 0 Å². The quantitative estimate of drug-likeness (QED) is 0.813. The number of anilines is 1. The molecule has 0 saturated heterocycles. The normalized spacial score (nSPS) is 10.2. The first-order valence-electron chi connectivity index (χ1n) is 6.43. The topological polar surface area (TPSA) is 71.5 Å². The molecule has 0 spiro atoms. The lowest BCUT2D eigenvalue weighted by atomic mass is 10.1. The molecule has 2 N–H and O–H groups in total. The predicted octanol–water partition coefficient (Wildman–Crippen LogP) is 2.99. The van der Waals surface area contributed by atoms with E-state index in [1.807, 2.05) is 6.92 Å². The molecule has 5 nitrogen and oxygen atoms in total. The second kappa shape index (κ2) is 7.19. The molecule has 110 valence electrons. The van der Waals surface area contributed by atoms with Crippen molar-refractivity contribution in [3.63, 3.8) is 0 Å². The van der Waals surface area contributed by atoms with Crippen LogP contribution in [-0.2, 0) is 6.61 Å². The average Bonchev–Trinajstić information content (AvgIpc) is 2.49. The molecule has 0 unspecified atom stereocenters. The summed E-state index contributed by atoms with van der Waals surface area (Å²) in [4.78, 5) is 16.1. The number of pyridine rings is 1. The molecule has 1 amide bonds. The second-order valence-electron chi connectivity index (χ2n) is 4.24. The van der Waals surface area contributed by atoms with Crippen molar-refractivity contribution in [2.45, 2.75) is 13.5 Å². The number of amides is 1. The Hall–Kier alpha value is -1.92. The second-order valence-corrected chi connectivity index (χ2v) is 5.05. The van der Waals surface area contributed by atoms with Crippen LogP contribution in [0.5, 0.6) is 5.75 Å². The maximum Gasteiger partial charge on any atom is 0.257 e. The molecule has 0 saturated carbocycles. The highest BCUT2D eigenvalue weighted by Gasteiger charge is 2.09. The number of aliphatic hydroxyl groups is 1. The van der Waals surface area contributed by atoms with Crippen LogP contribution in [0.3, 0.4) is 0 Å². The summed E-state index contributed by atoms with van der Waals surface area (Å²) in [5, 5.41) is 12.1. The lowest BCUT2D eigenvalue weighted by Gasteiger charge is -2.11. The number of benzene rings is 1. The summed E-state index contributed by atoms with van der Waals surface area (Å²) in [6, 6.07) is 8.52. The molecular formula is C15H15BrN2O3. The number of hydrogen-bond acceptors (Lipinski definition) is 4. The highest BCUT2D eigenvalue weighted by Crippen LogP contribution is 2.23. The maximum absolute atomic E-state index is 12.1. The van der Waals surface area contributed by atoms with Crippen LogP contribution in [0.4, 0.5) is 5.69 Å². The van der Waals surface area contributed by atoms with Gasteiger partial charge in [-0.15, -0.1) is 0 Å². The van der Waals surface area contributed by atoms with Crippen molar-refractivity contribution >= 4 is 27.5 Å². The third kappa shape index (κ3) is 4.03. The van der Waals surface area contributed by atoms with Crippen LogP contribution < -0.4 is 10.1 Å². The molecule has 0 bridgehead atoms. The smallest absolute Gasteiger partial charge is 0.257 e. The van der Waals surface area contributed by atoms with E-state index in [-0.39, 0.29) is 12.5 Å². The van der Waals surface area contributed by atoms with Gasteiger partial charge in [0.1, 0.15) is 10.4 Å². The summed E-state index contributed by atoms with van der Waals surface area (Å²) in [6.45, 7) is 2.24. The van der Waals surface area contributed by atoms with Crippen molar-refractivity contribution in [1.29, 1.82) is 0 Å². The monoisotopic (exact) mass is 350 g/mol. The zero-order valence-electron chi connectivity index (χ0n) is 11.5. The molecule has 0 aliphatic heterocycles. The van der Waals surface area contributed by atoms with Gasteiger partial charge in [-0.3, -0.25) is 4.79 Å². The lowest BCUT2D eigenvalue weighted by molar-refractivity contribution is 0.102. The van der Waals surface area contributed by atoms with Crippen LogP contribution in [0, 0.1) is 0 Å². The molecule has 0 aliphatic carbocycles. The number of halogens is 1. The first-order valence-corrected chi connectivity index (χ1v) is 7.22. The van der Waals surface area contributed by atoms with Gasteiger partial charge in [-0.1, -0.05) is 0 Å². The van der Waals surface area contributed by atoms with E-state index in [0.29, 0.717) is 33.8 Å². The van der Waals surface area contributed by atoms with E-state index in [4.69, 9.17) is 4.74 Å². The fourth-order valence-corrected chi connectivity index (χ4v) is 2.03. The number of rotatable bonds is 5. The fraction of sp³-hybridized carbons (Fsp3) is 0.200. The summed E-state index contributed by atoms with van der Waals surface area (Å²) >= 11 is 3.22. The summed E-state index contributed by atoms with van der Waals surface area (Å²) < 4.78 is 6.07. The minimum Gasteiger partial charge on any atom is -0.494 e. The predicted molar refractivity (Wildman–Crippen MR) is 83.4 cm³/mol. The van der Waals surface area contributed by atoms with Gasteiger partial charge in [-0.25, -0.2) is 4.98 Å². The zero-order valence-corrected chi connectivity index (χ0v) is 13.1. The summed E-state index contributed by atoms with van der Waals surface area (Å²) in [5.74, 6) is 0.353. The van der Waals surface area contributed by atoms with E-state index >= 15 is 0 Å². The minimum absolute atomic E-state index is 0.154. The largest absolute Gasteiger partial charge is 0.494 e. The molecule has 6 heteroatoms. The van der Waals surface area contributed by atoms with Gasteiger partial charge < -0.3 is 15.2 Å². The highest BCUT2D eigenvalue weighted by atomic mass is 79.9. The van der Waals surface area contributed by atoms with Crippen molar-refractivity contribution < 1.29 is 14.6 Å². The highest BCUT2D eigenvalue weighted by molar-refractivity contribution is 9.10. The van der Waals surface area contributed by atoms with Gasteiger partial charge >= 0.3 is 0 Å². The first-order chi connectivity index (χ1) is 10.1. The summed E-state index contributed by atoms with van der Waals surface area (Å²) in [6.07, 6.45) is 1.49. The molecule has 1 aromatic heterocycles. The Morgan fingerprint density at radius 3 is 2.81 bits per heavy atom. The number of carbonyl (C=O) groups is 1. The van der Waals surface area contributed by atoms with E-state index in [9.17, 15) is 9.90 Å². The molecule has 0 aliphatic rings. The summed E-state index contributed by atoms with van der Waals surface area (Å²) in [5.41, 5.74) is 1.68. The van der Waals surface area contributed by atoms with E-state index < -0.39 is 0 Å². The standard InChI is InChI=1S/C15H15BrN2O3/c1-2-21-13-5-4-12(7-11(13)9-19)18-15(20)10-3-6-14(16)17-8-10/h3-8,19H,2,9H2,1H3,(H,18,20). The SMILES string of the molecule is CCOc1ccc(NC(=O)c2ccc(Br)nc2)cc1CO. The first kappa shape index (κ1) is 15.5. The van der Waals surface area contributed by atoms with E-state index in [1.165, 1.54) is 6.20 Å². The molecule has 0 atom stereocenters. The number of nitrogens with zero attached hydrogens (tertiary/aromatic N) is 1. The van der Waals surface area contributed by atoms with Crippen LogP contribution in [0.25, 0.3) is 0 Å². The Balaban J connectivity index is 2.15. The number of ether oxygens (including phenoxy) is 1. The van der Waals surface area contributed by atoms with Gasteiger partial charge in [0.2, 0.25) is 0 Å². The Morgan fingerprint density at radius 1 is 1.38 bits per heavy atom. The fourth-order valence-electron chi connectivity index (χ4n) is 1.79. The lowest BCUT2D eigenvalue weighted by Crippen LogP contribution is -2.12. The van der Waals surface area contributed by atoms with Gasteiger partial charge in [-0.2, -0.15) is 0 Å². The van der Waals surface area contributed by atoms with Crippen molar-refractivity contribution in [2.24, 2.45) is 0 Å². The maximum atomic E-state index is 12.1. The van der Waals surface area contributed by atoms with Crippen molar-refractivity contribution in [1.82, 2.24) is 4.98 Å². The Bertz CT molecular complexity index is 629. The van der Waals surface area contributed by atoms with Gasteiger partial charge in [0, 0.05) is 17.4 Å².